The van der Waals surface area contributed by atoms with Crippen LogP contribution in [0.3, 0.4) is 0 Å². The summed E-state index contributed by atoms with van der Waals surface area (Å²) < 4.78 is 1.74. The van der Waals surface area contributed by atoms with Crippen LogP contribution in [0.25, 0.3) is 0 Å². The van der Waals surface area contributed by atoms with E-state index in [1.165, 1.54) is 0 Å². The number of aryl methyl sites for hydroxylation is 1. The highest BCUT2D eigenvalue weighted by atomic mass is 16.5. The van der Waals surface area contributed by atoms with E-state index in [0.29, 0.717) is 12.1 Å². The van der Waals surface area contributed by atoms with Gasteiger partial charge in [-0.25, -0.2) is 5.48 Å². The molecule has 116 valence electrons. The second-order valence-corrected chi connectivity index (χ2v) is 5.18. The van der Waals surface area contributed by atoms with Gasteiger partial charge >= 0.3 is 0 Å². The maximum absolute atomic E-state index is 11.3. The number of amides is 2. The van der Waals surface area contributed by atoms with Crippen LogP contribution in [0.1, 0.15) is 44.9 Å². The third-order valence-corrected chi connectivity index (χ3v) is 3.52. The van der Waals surface area contributed by atoms with Crippen LogP contribution in [-0.2, 0) is 6.54 Å². The van der Waals surface area contributed by atoms with E-state index in [0.717, 1.165) is 11.3 Å². The predicted molar refractivity (Wildman–Crippen MR) is 79.6 cm³/mol. The molecule has 1 atom stereocenters. The number of rotatable bonds is 5. The number of nitrogens with one attached hydrogen (secondary N) is 1. The van der Waals surface area contributed by atoms with Gasteiger partial charge in [-0.1, -0.05) is 19.1 Å². The zero-order valence-corrected chi connectivity index (χ0v) is 12.4. The lowest BCUT2D eigenvalue weighted by Gasteiger charge is -2.13. The second-order valence-electron chi connectivity index (χ2n) is 5.18. The van der Waals surface area contributed by atoms with Gasteiger partial charge in [0.05, 0.1) is 0 Å². The fraction of sp³-hybridized carbons (Fsp3) is 0.267. The number of primary amides is 1. The Morgan fingerprint density at radius 1 is 1.36 bits per heavy atom. The first-order valence-electron chi connectivity index (χ1n) is 6.81. The van der Waals surface area contributed by atoms with Crippen LogP contribution in [0, 0.1) is 6.92 Å². The minimum absolute atomic E-state index is 0.130. The van der Waals surface area contributed by atoms with Gasteiger partial charge in [0.1, 0.15) is 5.69 Å². The van der Waals surface area contributed by atoms with Crippen molar-refractivity contribution in [1.29, 1.82) is 0 Å². The minimum Gasteiger partial charge on any atom is -0.364 e. The molecule has 7 heteroatoms. The summed E-state index contributed by atoms with van der Waals surface area (Å²) in [5, 5.41) is 12.8. The number of carbonyl (C=O) groups excluding carboxylic acids is 2. The van der Waals surface area contributed by atoms with E-state index in [-0.39, 0.29) is 11.6 Å². The van der Waals surface area contributed by atoms with E-state index >= 15 is 0 Å². The summed E-state index contributed by atoms with van der Waals surface area (Å²) in [4.78, 5) is 22.4. The molecule has 1 aromatic heterocycles. The predicted octanol–water partition coefficient (Wildman–Crippen LogP) is 1.21. The van der Waals surface area contributed by atoms with Crippen molar-refractivity contribution in [2.75, 3.05) is 0 Å². The summed E-state index contributed by atoms with van der Waals surface area (Å²) in [7, 11) is 0. The smallest absolute Gasteiger partial charge is 0.274 e. The molecule has 0 radical (unpaired) electrons. The fourth-order valence-corrected chi connectivity index (χ4v) is 2.21. The van der Waals surface area contributed by atoms with E-state index in [4.69, 9.17) is 10.9 Å². The Balaban J connectivity index is 2.13. The van der Waals surface area contributed by atoms with Crippen LogP contribution in [0.5, 0.6) is 0 Å². The lowest BCUT2D eigenvalue weighted by Crippen LogP contribution is -2.18. The van der Waals surface area contributed by atoms with Crippen molar-refractivity contribution in [1.82, 2.24) is 15.3 Å². The summed E-state index contributed by atoms with van der Waals surface area (Å²) in [6.07, 6.45) is 0. The van der Waals surface area contributed by atoms with Crippen molar-refractivity contribution >= 4 is 11.8 Å². The van der Waals surface area contributed by atoms with Crippen molar-refractivity contribution in [2.45, 2.75) is 26.3 Å². The van der Waals surface area contributed by atoms with E-state index in [9.17, 15) is 9.59 Å². The van der Waals surface area contributed by atoms with Crippen LogP contribution in [0.4, 0.5) is 0 Å². The Bertz CT molecular complexity index is 691. The first-order chi connectivity index (χ1) is 10.4. The fourth-order valence-electron chi connectivity index (χ4n) is 2.21. The summed E-state index contributed by atoms with van der Waals surface area (Å²) in [6.45, 7) is 4.47. The number of hydrogen-bond acceptors (Lipinski definition) is 4. The first-order valence-corrected chi connectivity index (χ1v) is 6.81. The van der Waals surface area contributed by atoms with E-state index < -0.39 is 11.8 Å². The van der Waals surface area contributed by atoms with E-state index in [1.54, 1.807) is 28.4 Å². The Labute approximate surface area is 127 Å². The van der Waals surface area contributed by atoms with Gasteiger partial charge in [0.25, 0.3) is 11.8 Å². The molecular weight excluding hydrogens is 284 g/mol. The van der Waals surface area contributed by atoms with Gasteiger partial charge in [-0.15, -0.1) is 0 Å². The van der Waals surface area contributed by atoms with Gasteiger partial charge in [0, 0.05) is 23.7 Å². The van der Waals surface area contributed by atoms with Gasteiger partial charge in [-0.3, -0.25) is 19.5 Å². The number of hydrogen-bond donors (Lipinski definition) is 3. The first kappa shape index (κ1) is 15.7. The van der Waals surface area contributed by atoms with Crippen molar-refractivity contribution in [3.63, 3.8) is 0 Å². The largest absolute Gasteiger partial charge is 0.364 e. The van der Waals surface area contributed by atoms with Gasteiger partial charge < -0.3 is 5.73 Å². The molecule has 0 aliphatic rings. The number of hydroxylamine groups is 1. The molecule has 0 bridgehead atoms. The van der Waals surface area contributed by atoms with Crippen LogP contribution >= 0.6 is 0 Å². The molecule has 1 heterocycles. The third kappa shape index (κ3) is 3.32. The molecule has 0 aliphatic heterocycles. The van der Waals surface area contributed by atoms with Gasteiger partial charge in [-0.05, 0) is 30.7 Å². The van der Waals surface area contributed by atoms with Crippen molar-refractivity contribution in [3.8, 4) is 0 Å². The zero-order valence-electron chi connectivity index (χ0n) is 12.4. The lowest BCUT2D eigenvalue weighted by atomic mass is 9.99. The van der Waals surface area contributed by atoms with Crippen LogP contribution < -0.4 is 11.2 Å². The topological polar surface area (TPSA) is 110 Å². The van der Waals surface area contributed by atoms with Gasteiger partial charge in [0.15, 0.2) is 0 Å². The Hall–Kier alpha value is -2.67. The van der Waals surface area contributed by atoms with Crippen LogP contribution in [0.2, 0.25) is 0 Å². The minimum atomic E-state index is -0.548. The third-order valence-electron chi connectivity index (χ3n) is 3.52. The monoisotopic (exact) mass is 302 g/mol. The SMILES string of the molecule is Cc1cc(C(N)=O)nn1CC(C)c1ccc(C(=O)NO)cc1. The number of benzene rings is 1. The number of nitrogens with zero attached hydrogens (tertiary/aromatic N) is 2. The van der Waals surface area contributed by atoms with E-state index in [1.807, 2.05) is 26.0 Å². The number of aromatic nitrogens is 2. The molecule has 2 rings (SSSR count). The number of carbonyl (C=O) groups is 2. The summed E-state index contributed by atoms with van der Waals surface area (Å²) in [5.41, 5.74) is 9.32. The molecule has 0 saturated heterocycles. The highest BCUT2D eigenvalue weighted by Crippen LogP contribution is 2.19. The molecule has 1 unspecified atom stereocenters. The Morgan fingerprint density at radius 2 is 2.00 bits per heavy atom. The Kier molecular flexibility index (Phi) is 4.57. The van der Waals surface area contributed by atoms with E-state index in [2.05, 4.69) is 5.10 Å². The van der Waals surface area contributed by atoms with Crippen molar-refractivity contribution in [2.24, 2.45) is 5.73 Å². The quantitative estimate of drug-likeness (QED) is 0.569. The summed E-state index contributed by atoms with van der Waals surface area (Å²) in [5.74, 6) is -0.965. The summed E-state index contributed by atoms with van der Waals surface area (Å²) >= 11 is 0. The van der Waals surface area contributed by atoms with Crippen molar-refractivity contribution in [3.05, 3.63) is 52.8 Å². The maximum atomic E-state index is 11.3. The van der Waals surface area contributed by atoms with Gasteiger partial charge in [-0.2, -0.15) is 5.10 Å². The molecule has 1 aromatic carbocycles. The van der Waals surface area contributed by atoms with Crippen molar-refractivity contribution < 1.29 is 14.8 Å². The van der Waals surface area contributed by atoms with Crippen LogP contribution in [-0.4, -0.2) is 26.8 Å². The lowest BCUT2D eigenvalue weighted by molar-refractivity contribution is 0.0706. The molecule has 7 nitrogen and oxygen atoms in total. The standard InChI is InChI=1S/C15H18N4O3/c1-9(8-19-10(2)7-13(17-19)14(16)20)11-3-5-12(6-4-11)15(21)18-22/h3-7,9,22H,8H2,1-2H3,(H2,16,20)(H,18,21). The molecule has 4 N–H and O–H groups in total. The molecular formula is C15H18N4O3. The Morgan fingerprint density at radius 3 is 2.50 bits per heavy atom. The molecule has 0 spiro atoms. The van der Waals surface area contributed by atoms with Crippen LogP contribution in [0.15, 0.2) is 30.3 Å². The second kappa shape index (κ2) is 6.40. The molecule has 2 amide bonds. The zero-order chi connectivity index (χ0) is 16.3. The average Bonchev–Trinajstić information content (AvgIpc) is 2.88. The molecule has 22 heavy (non-hydrogen) atoms. The highest BCUT2D eigenvalue weighted by Gasteiger charge is 2.13. The van der Waals surface area contributed by atoms with Gasteiger partial charge in [0.2, 0.25) is 0 Å². The number of nitrogens with two attached hydrogens (primary N) is 1. The molecule has 0 fully saturated rings. The molecule has 2 aromatic rings. The normalized spacial score (nSPS) is 12.0. The average molecular weight is 302 g/mol. The summed E-state index contributed by atoms with van der Waals surface area (Å²) in [6, 6.07) is 8.58. The highest BCUT2D eigenvalue weighted by molar-refractivity contribution is 5.93. The molecule has 0 saturated carbocycles. The maximum Gasteiger partial charge on any atom is 0.274 e. The molecule has 0 aliphatic carbocycles.